The van der Waals surface area contributed by atoms with Gasteiger partial charge < -0.3 is 10.2 Å². The number of carboxylic acids is 2. The lowest BCUT2D eigenvalue weighted by molar-refractivity contribution is -0.137. The molecule has 1 aromatic rings. The predicted molar refractivity (Wildman–Crippen MR) is 57.2 cm³/mol. The van der Waals surface area contributed by atoms with Crippen molar-refractivity contribution in [3.05, 3.63) is 34.9 Å². The van der Waals surface area contributed by atoms with E-state index in [-0.39, 0.29) is 17.8 Å². The zero-order valence-corrected chi connectivity index (χ0v) is 8.84. The van der Waals surface area contributed by atoms with Crippen LogP contribution < -0.4 is 0 Å². The molecule has 0 heterocycles. The highest BCUT2D eigenvalue weighted by Gasteiger charge is 2.32. The highest BCUT2D eigenvalue weighted by Crippen LogP contribution is 2.29. The first-order valence-corrected chi connectivity index (χ1v) is 5.11. The van der Waals surface area contributed by atoms with Gasteiger partial charge in [-0.15, -0.1) is 0 Å². The summed E-state index contributed by atoms with van der Waals surface area (Å²) in [6, 6.07) is 4.33. The van der Waals surface area contributed by atoms with Gasteiger partial charge in [0.1, 0.15) is 0 Å². The maximum absolute atomic E-state index is 11.9. The minimum atomic E-state index is -1.10. The van der Waals surface area contributed by atoms with Crippen LogP contribution in [-0.4, -0.2) is 27.9 Å². The third-order valence-corrected chi connectivity index (χ3v) is 2.88. The third-order valence-electron chi connectivity index (χ3n) is 2.88. The Morgan fingerprint density at radius 2 is 2.00 bits per heavy atom. The predicted octanol–water partition coefficient (Wildman–Crippen LogP) is 1.21. The molecular formula is C12H10O5. The Labute approximate surface area is 96.7 Å². The van der Waals surface area contributed by atoms with Crippen LogP contribution in [0.4, 0.5) is 0 Å². The van der Waals surface area contributed by atoms with E-state index in [2.05, 4.69) is 0 Å². The van der Waals surface area contributed by atoms with Gasteiger partial charge in [-0.3, -0.25) is 9.59 Å². The van der Waals surface area contributed by atoms with E-state index < -0.39 is 17.9 Å². The number of carbonyl (C=O) groups excluding carboxylic acids is 1. The molecule has 0 aliphatic heterocycles. The van der Waals surface area contributed by atoms with Crippen LogP contribution >= 0.6 is 0 Å². The van der Waals surface area contributed by atoms with Crippen molar-refractivity contribution in [1.29, 1.82) is 0 Å². The molecule has 0 bridgehead atoms. The molecule has 1 atom stereocenters. The summed E-state index contributed by atoms with van der Waals surface area (Å²) in [5.74, 6) is -2.95. The minimum absolute atomic E-state index is 0.0491. The van der Waals surface area contributed by atoms with Gasteiger partial charge in [-0.1, -0.05) is 6.07 Å². The van der Waals surface area contributed by atoms with E-state index in [4.69, 9.17) is 10.2 Å². The molecule has 2 rings (SSSR count). The Bertz CT molecular complexity index is 518. The van der Waals surface area contributed by atoms with Gasteiger partial charge in [0, 0.05) is 11.5 Å². The Morgan fingerprint density at radius 1 is 1.29 bits per heavy atom. The number of fused-ring (bicyclic) bond motifs is 1. The van der Waals surface area contributed by atoms with Crippen LogP contribution in [0.3, 0.4) is 0 Å². The molecule has 0 aromatic heterocycles. The number of ketones is 1. The lowest BCUT2D eigenvalue weighted by Crippen LogP contribution is -2.14. The van der Waals surface area contributed by atoms with Gasteiger partial charge in [0.2, 0.25) is 0 Å². The molecule has 0 fully saturated rings. The fourth-order valence-corrected chi connectivity index (χ4v) is 2.07. The van der Waals surface area contributed by atoms with E-state index in [1.807, 2.05) is 0 Å². The number of aromatic carboxylic acids is 1. The second kappa shape index (κ2) is 4.01. The number of hydrogen-bond donors (Lipinski definition) is 2. The second-order valence-electron chi connectivity index (χ2n) is 4.04. The van der Waals surface area contributed by atoms with Crippen LogP contribution in [0.15, 0.2) is 18.2 Å². The van der Waals surface area contributed by atoms with E-state index in [9.17, 15) is 14.4 Å². The highest BCUT2D eigenvalue weighted by atomic mass is 16.4. The molecule has 0 saturated carbocycles. The lowest BCUT2D eigenvalue weighted by Gasteiger charge is -2.01. The van der Waals surface area contributed by atoms with Gasteiger partial charge in [0.05, 0.1) is 12.0 Å². The largest absolute Gasteiger partial charge is 0.481 e. The molecule has 0 spiro atoms. The smallest absolute Gasteiger partial charge is 0.335 e. The molecule has 1 aliphatic carbocycles. The summed E-state index contributed by atoms with van der Waals surface area (Å²) in [5, 5.41) is 17.5. The molecule has 0 saturated heterocycles. The SMILES string of the molecule is O=C(O)CC1Cc2ccc(C(=O)O)cc2C1=O. The van der Waals surface area contributed by atoms with Crippen molar-refractivity contribution in [2.24, 2.45) is 5.92 Å². The quantitative estimate of drug-likeness (QED) is 0.820. The lowest BCUT2D eigenvalue weighted by atomic mass is 10.0. The summed E-state index contributed by atoms with van der Waals surface area (Å²) >= 11 is 0. The molecule has 2 N–H and O–H groups in total. The maximum Gasteiger partial charge on any atom is 0.335 e. The van der Waals surface area contributed by atoms with E-state index in [1.54, 1.807) is 6.07 Å². The molecule has 1 unspecified atom stereocenters. The van der Waals surface area contributed by atoms with Crippen LogP contribution in [0.1, 0.15) is 32.7 Å². The molecular weight excluding hydrogens is 224 g/mol. The summed E-state index contributed by atoms with van der Waals surface area (Å²) < 4.78 is 0. The molecule has 17 heavy (non-hydrogen) atoms. The van der Waals surface area contributed by atoms with Crippen molar-refractivity contribution in [2.45, 2.75) is 12.8 Å². The van der Waals surface area contributed by atoms with Gasteiger partial charge in [0.25, 0.3) is 0 Å². The fraction of sp³-hybridized carbons (Fsp3) is 0.250. The summed E-state index contributed by atoms with van der Waals surface area (Å²) in [4.78, 5) is 33.2. The zero-order valence-electron chi connectivity index (χ0n) is 8.84. The van der Waals surface area contributed by atoms with Crippen molar-refractivity contribution in [1.82, 2.24) is 0 Å². The fourth-order valence-electron chi connectivity index (χ4n) is 2.07. The van der Waals surface area contributed by atoms with Crippen molar-refractivity contribution in [3.8, 4) is 0 Å². The topological polar surface area (TPSA) is 91.7 Å². The van der Waals surface area contributed by atoms with Crippen molar-refractivity contribution in [3.63, 3.8) is 0 Å². The number of carboxylic acid groups (broad SMARTS) is 2. The molecule has 0 amide bonds. The first-order valence-electron chi connectivity index (χ1n) is 5.11. The minimum Gasteiger partial charge on any atom is -0.481 e. The summed E-state index contributed by atoms with van der Waals surface area (Å²) in [7, 11) is 0. The molecule has 1 aromatic carbocycles. The van der Waals surface area contributed by atoms with Crippen molar-refractivity contribution in [2.75, 3.05) is 0 Å². The van der Waals surface area contributed by atoms with Crippen molar-refractivity contribution >= 4 is 17.7 Å². The molecule has 0 radical (unpaired) electrons. The monoisotopic (exact) mass is 234 g/mol. The van der Waals surface area contributed by atoms with Gasteiger partial charge in [-0.2, -0.15) is 0 Å². The zero-order chi connectivity index (χ0) is 12.6. The van der Waals surface area contributed by atoms with Gasteiger partial charge in [-0.25, -0.2) is 4.79 Å². The highest BCUT2D eigenvalue weighted by molar-refractivity contribution is 6.05. The molecule has 1 aliphatic rings. The van der Waals surface area contributed by atoms with Gasteiger partial charge in [0.15, 0.2) is 5.78 Å². The first-order chi connectivity index (χ1) is 7.99. The van der Waals surface area contributed by atoms with E-state index in [0.717, 1.165) is 5.56 Å². The van der Waals surface area contributed by atoms with E-state index in [1.165, 1.54) is 12.1 Å². The number of hydrogen-bond acceptors (Lipinski definition) is 3. The molecule has 88 valence electrons. The Hall–Kier alpha value is -2.17. The maximum atomic E-state index is 11.9. The van der Waals surface area contributed by atoms with Crippen LogP contribution in [0.5, 0.6) is 0 Å². The van der Waals surface area contributed by atoms with Crippen LogP contribution in [-0.2, 0) is 11.2 Å². The summed E-state index contributed by atoms with van der Waals surface area (Å²) in [6.07, 6.45) is 0.163. The Balaban J connectivity index is 2.32. The number of aliphatic carboxylic acids is 1. The number of carbonyl (C=O) groups is 3. The molecule has 5 nitrogen and oxygen atoms in total. The number of benzene rings is 1. The third kappa shape index (κ3) is 2.04. The van der Waals surface area contributed by atoms with Crippen molar-refractivity contribution < 1.29 is 24.6 Å². The van der Waals surface area contributed by atoms with Crippen LogP contribution in [0, 0.1) is 5.92 Å². The van der Waals surface area contributed by atoms with Gasteiger partial charge in [-0.05, 0) is 24.1 Å². The normalized spacial score (nSPS) is 17.9. The van der Waals surface area contributed by atoms with E-state index in [0.29, 0.717) is 12.0 Å². The Kier molecular flexibility index (Phi) is 2.67. The van der Waals surface area contributed by atoms with Crippen LogP contribution in [0.25, 0.3) is 0 Å². The second-order valence-corrected chi connectivity index (χ2v) is 4.04. The van der Waals surface area contributed by atoms with E-state index >= 15 is 0 Å². The standard InChI is InChI=1S/C12H10O5/c13-10(14)5-8-3-6-1-2-7(12(16)17)4-9(6)11(8)15/h1-2,4,8H,3,5H2,(H,13,14)(H,16,17). The molecule has 5 heteroatoms. The average Bonchev–Trinajstić information content (AvgIpc) is 2.55. The first kappa shape index (κ1) is 11.3. The Morgan fingerprint density at radius 3 is 2.59 bits per heavy atom. The summed E-state index contributed by atoms with van der Waals surface area (Å²) in [6.45, 7) is 0. The average molecular weight is 234 g/mol. The summed E-state index contributed by atoms with van der Waals surface area (Å²) in [5.41, 5.74) is 1.12. The van der Waals surface area contributed by atoms with Gasteiger partial charge >= 0.3 is 11.9 Å². The number of Topliss-reactive ketones (excluding diaryl/α,β-unsaturated/α-hetero) is 1. The number of rotatable bonds is 3. The van der Waals surface area contributed by atoms with Crippen LogP contribution in [0.2, 0.25) is 0 Å².